The highest BCUT2D eigenvalue weighted by molar-refractivity contribution is 7.92. The maximum atomic E-state index is 13.4. The van der Waals surface area contributed by atoms with Crippen LogP contribution in [-0.4, -0.2) is 50.0 Å². The number of rotatable bonds is 11. The third-order valence-electron chi connectivity index (χ3n) is 7.10. The normalized spacial score (nSPS) is 14.8. The topological polar surface area (TPSA) is 86.8 Å². The smallest absolute Gasteiger partial charge is 0.242 e. The number of amides is 2. The summed E-state index contributed by atoms with van der Waals surface area (Å²) in [5, 5.41) is 3.62. The zero-order chi connectivity index (χ0) is 27.2. The number of sulfonamides is 1. The van der Waals surface area contributed by atoms with E-state index in [0.29, 0.717) is 17.1 Å². The molecule has 2 aromatic rings. The van der Waals surface area contributed by atoms with Gasteiger partial charge >= 0.3 is 0 Å². The van der Waals surface area contributed by atoms with Gasteiger partial charge in [0.1, 0.15) is 6.04 Å². The molecule has 0 spiro atoms. The fourth-order valence-electron chi connectivity index (χ4n) is 4.67. The second-order valence-corrected chi connectivity index (χ2v) is 12.3. The minimum absolute atomic E-state index is 0.0996. The summed E-state index contributed by atoms with van der Waals surface area (Å²) in [5.74, 6) is -0.400. The molecule has 0 bridgehead atoms. The van der Waals surface area contributed by atoms with E-state index in [9.17, 15) is 18.0 Å². The van der Waals surface area contributed by atoms with Crippen LogP contribution < -0.4 is 9.62 Å². The van der Waals surface area contributed by atoms with Crippen LogP contribution in [0.3, 0.4) is 0 Å². The van der Waals surface area contributed by atoms with Crippen molar-refractivity contribution in [1.29, 1.82) is 0 Å². The molecule has 2 aromatic carbocycles. The number of nitrogens with zero attached hydrogens (tertiary/aromatic N) is 2. The largest absolute Gasteiger partial charge is 0.352 e. The molecule has 0 heterocycles. The molecule has 7 nitrogen and oxygen atoms in total. The van der Waals surface area contributed by atoms with E-state index in [2.05, 4.69) is 5.32 Å². The molecule has 37 heavy (non-hydrogen) atoms. The fourth-order valence-corrected chi connectivity index (χ4v) is 5.82. The molecule has 0 radical (unpaired) electrons. The van der Waals surface area contributed by atoms with Gasteiger partial charge in [-0.25, -0.2) is 8.42 Å². The summed E-state index contributed by atoms with van der Waals surface area (Å²) in [6.45, 7) is 6.00. The lowest BCUT2D eigenvalue weighted by atomic mass is 10.1. The van der Waals surface area contributed by atoms with Gasteiger partial charge in [0.15, 0.2) is 0 Å². The van der Waals surface area contributed by atoms with Gasteiger partial charge in [0, 0.05) is 30.6 Å². The Labute approximate surface area is 226 Å². The molecule has 0 aromatic heterocycles. The lowest BCUT2D eigenvalue weighted by molar-refractivity contribution is -0.140. The van der Waals surface area contributed by atoms with E-state index < -0.39 is 16.1 Å². The van der Waals surface area contributed by atoms with Crippen molar-refractivity contribution >= 4 is 39.1 Å². The Morgan fingerprint density at radius 1 is 1.08 bits per heavy atom. The highest BCUT2D eigenvalue weighted by Gasteiger charge is 2.29. The van der Waals surface area contributed by atoms with Crippen LogP contribution in [0, 0.1) is 13.8 Å². The van der Waals surface area contributed by atoms with Gasteiger partial charge in [0.2, 0.25) is 21.8 Å². The molecule has 1 N–H and O–H groups in total. The Balaban J connectivity index is 1.73. The van der Waals surface area contributed by atoms with Crippen LogP contribution in [0.4, 0.5) is 5.69 Å². The Morgan fingerprint density at radius 3 is 2.38 bits per heavy atom. The van der Waals surface area contributed by atoms with Crippen LogP contribution in [0.2, 0.25) is 5.02 Å². The monoisotopic (exact) mass is 547 g/mol. The van der Waals surface area contributed by atoms with Crippen LogP contribution >= 0.6 is 11.6 Å². The van der Waals surface area contributed by atoms with Gasteiger partial charge < -0.3 is 10.2 Å². The Hall–Kier alpha value is -2.58. The second-order valence-electron chi connectivity index (χ2n) is 9.99. The zero-order valence-electron chi connectivity index (χ0n) is 22.2. The van der Waals surface area contributed by atoms with Crippen LogP contribution in [0.15, 0.2) is 42.5 Å². The molecule has 1 aliphatic rings. The van der Waals surface area contributed by atoms with Crippen molar-refractivity contribution in [3.63, 3.8) is 0 Å². The van der Waals surface area contributed by atoms with Crippen LogP contribution in [0.25, 0.3) is 0 Å². The summed E-state index contributed by atoms with van der Waals surface area (Å²) in [4.78, 5) is 28.0. The molecule has 202 valence electrons. The van der Waals surface area contributed by atoms with Crippen molar-refractivity contribution < 1.29 is 18.0 Å². The van der Waals surface area contributed by atoms with Gasteiger partial charge in [-0.2, -0.15) is 0 Å². The lowest BCUT2D eigenvalue weighted by Crippen LogP contribution is -2.49. The summed E-state index contributed by atoms with van der Waals surface area (Å²) < 4.78 is 26.4. The van der Waals surface area contributed by atoms with E-state index in [1.165, 1.54) is 10.6 Å². The summed E-state index contributed by atoms with van der Waals surface area (Å²) in [5.41, 5.74) is 3.41. The molecule has 0 aliphatic heterocycles. The van der Waals surface area contributed by atoms with E-state index >= 15 is 0 Å². The molecule has 1 saturated carbocycles. The van der Waals surface area contributed by atoms with Gasteiger partial charge in [-0.1, -0.05) is 48.7 Å². The molecule has 0 saturated heterocycles. The van der Waals surface area contributed by atoms with E-state index in [-0.39, 0.29) is 37.4 Å². The van der Waals surface area contributed by atoms with E-state index in [4.69, 9.17) is 11.6 Å². The van der Waals surface area contributed by atoms with Gasteiger partial charge in [0.25, 0.3) is 0 Å². The highest BCUT2D eigenvalue weighted by Crippen LogP contribution is 2.24. The summed E-state index contributed by atoms with van der Waals surface area (Å²) >= 11 is 6.37. The van der Waals surface area contributed by atoms with Crippen molar-refractivity contribution in [3.05, 3.63) is 64.2 Å². The Bertz CT molecular complexity index is 1210. The average molecular weight is 548 g/mol. The standard InChI is InChI=1S/C28H38ClN3O4S/c1-20-15-16-25(18-21(20)2)32(37(4,35)36)17-9-14-27(33)31(19-23-10-5-8-13-26(23)29)22(3)28(34)30-24-11-6-7-12-24/h5,8,10,13,15-16,18,22,24H,6-7,9,11-12,14,17,19H2,1-4H3,(H,30,34). The van der Waals surface area contributed by atoms with Crippen molar-refractivity contribution in [1.82, 2.24) is 10.2 Å². The van der Waals surface area contributed by atoms with Crippen molar-refractivity contribution in [3.8, 4) is 0 Å². The minimum Gasteiger partial charge on any atom is -0.352 e. The molecule has 2 amide bonds. The number of carbonyl (C=O) groups excluding carboxylic acids is 2. The summed E-state index contributed by atoms with van der Waals surface area (Å²) in [6, 6.07) is 12.3. The van der Waals surface area contributed by atoms with Gasteiger partial charge in [0.05, 0.1) is 11.9 Å². The summed E-state index contributed by atoms with van der Waals surface area (Å²) in [7, 11) is -3.54. The number of halogens is 1. The van der Waals surface area contributed by atoms with Gasteiger partial charge in [-0.05, 0) is 74.9 Å². The number of aryl methyl sites for hydroxylation is 2. The van der Waals surface area contributed by atoms with E-state index in [1.807, 2.05) is 44.2 Å². The fraction of sp³-hybridized carbons (Fsp3) is 0.500. The second kappa shape index (κ2) is 12.8. The number of carbonyl (C=O) groups is 2. The van der Waals surface area contributed by atoms with Crippen molar-refractivity contribution in [2.45, 2.75) is 77.9 Å². The maximum absolute atomic E-state index is 13.4. The lowest BCUT2D eigenvalue weighted by Gasteiger charge is -2.30. The predicted molar refractivity (Wildman–Crippen MR) is 149 cm³/mol. The number of nitrogens with one attached hydrogen (secondary N) is 1. The van der Waals surface area contributed by atoms with Gasteiger partial charge in [-0.15, -0.1) is 0 Å². The number of hydrogen-bond acceptors (Lipinski definition) is 4. The number of anilines is 1. The van der Waals surface area contributed by atoms with Crippen molar-refractivity contribution in [2.24, 2.45) is 0 Å². The molecular formula is C28H38ClN3O4S. The third-order valence-corrected chi connectivity index (χ3v) is 8.66. The third kappa shape index (κ3) is 7.95. The molecule has 1 fully saturated rings. The SMILES string of the molecule is Cc1ccc(N(CCCC(=O)N(Cc2ccccc2Cl)C(C)C(=O)NC2CCCC2)S(C)(=O)=O)cc1C. The quantitative estimate of drug-likeness (QED) is 0.430. The highest BCUT2D eigenvalue weighted by atomic mass is 35.5. The van der Waals surface area contributed by atoms with Gasteiger partial charge in [-0.3, -0.25) is 13.9 Å². The Morgan fingerprint density at radius 2 is 1.76 bits per heavy atom. The average Bonchev–Trinajstić information content (AvgIpc) is 3.35. The molecule has 3 rings (SSSR count). The number of hydrogen-bond donors (Lipinski definition) is 1. The van der Waals surface area contributed by atoms with Crippen molar-refractivity contribution in [2.75, 3.05) is 17.1 Å². The number of benzene rings is 2. The Kier molecular flexibility index (Phi) is 10.0. The minimum atomic E-state index is -3.54. The molecule has 1 aliphatic carbocycles. The maximum Gasteiger partial charge on any atom is 0.242 e. The zero-order valence-corrected chi connectivity index (χ0v) is 23.7. The van der Waals surface area contributed by atoms with Crippen LogP contribution in [-0.2, 0) is 26.2 Å². The first-order chi connectivity index (χ1) is 17.5. The van der Waals surface area contributed by atoms with E-state index in [1.54, 1.807) is 24.0 Å². The molecule has 1 unspecified atom stereocenters. The molecule has 1 atom stereocenters. The van der Waals surface area contributed by atoms with E-state index in [0.717, 1.165) is 42.4 Å². The molecule has 9 heteroatoms. The van der Waals surface area contributed by atoms with Crippen LogP contribution in [0.1, 0.15) is 62.1 Å². The van der Waals surface area contributed by atoms with Crippen LogP contribution in [0.5, 0.6) is 0 Å². The summed E-state index contributed by atoms with van der Waals surface area (Å²) in [6.07, 6.45) is 5.69. The predicted octanol–water partition coefficient (Wildman–Crippen LogP) is 4.98. The first-order valence-electron chi connectivity index (χ1n) is 12.9. The molecular weight excluding hydrogens is 510 g/mol. The first-order valence-corrected chi connectivity index (χ1v) is 15.1. The first kappa shape index (κ1) is 29.0.